The van der Waals surface area contributed by atoms with E-state index in [4.69, 9.17) is 0 Å². The first-order valence-corrected chi connectivity index (χ1v) is 4.85. The third-order valence-electron chi connectivity index (χ3n) is 2.52. The topological polar surface area (TPSA) is 49.4 Å². The molecule has 0 spiro atoms. The number of nitrogens with one attached hydrogen (secondary N) is 1. The summed E-state index contributed by atoms with van der Waals surface area (Å²) in [6.07, 6.45) is 0.393. The maximum atomic E-state index is 11.6. The van der Waals surface area contributed by atoms with Gasteiger partial charge in [0.1, 0.15) is 0 Å². The molecule has 1 aromatic carbocycles. The van der Waals surface area contributed by atoms with Gasteiger partial charge in [0.15, 0.2) is 5.78 Å². The number of carbonyl (C=O) groups excluding carboxylic acids is 2. The van der Waals surface area contributed by atoms with E-state index in [-0.39, 0.29) is 11.8 Å². The molecular weight excluding hydrogens is 192 g/mol. The summed E-state index contributed by atoms with van der Waals surface area (Å²) in [5.41, 5.74) is 1.33. The number of fused-ring (bicyclic) bond motifs is 1. The molecule has 78 valence electrons. The van der Waals surface area contributed by atoms with Crippen molar-refractivity contribution in [2.45, 2.75) is 6.42 Å². The van der Waals surface area contributed by atoms with Crippen LogP contribution in [0.1, 0.15) is 16.8 Å². The van der Waals surface area contributed by atoms with Gasteiger partial charge in [-0.25, -0.2) is 4.79 Å². The molecule has 0 atom stereocenters. The van der Waals surface area contributed by atoms with Crippen LogP contribution in [-0.2, 0) is 0 Å². The van der Waals surface area contributed by atoms with Gasteiger partial charge in [-0.1, -0.05) is 12.1 Å². The van der Waals surface area contributed by atoms with Crippen molar-refractivity contribution < 1.29 is 9.59 Å². The quantitative estimate of drug-likeness (QED) is 0.694. The van der Waals surface area contributed by atoms with Gasteiger partial charge in [-0.2, -0.15) is 0 Å². The van der Waals surface area contributed by atoms with E-state index < -0.39 is 0 Å². The Morgan fingerprint density at radius 3 is 2.87 bits per heavy atom. The second-order valence-corrected chi connectivity index (χ2v) is 3.40. The van der Waals surface area contributed by atoms with Crippen molar-refractivity contribution in [1.29, 1.82) is 0 Å². The van der Waals surface area contributed by atoms with Crippen molar-refractivity contribution in [1.82, 2.24) is 5.32 Å². The molecule has 0 aliphatic carbocycles. The molecule has 0 unspecified atom stereocenters. The third kappa shape index (κ3) is 1.58. The molecule has 2 amide bonds. The Bertz CT molecular complexity index is 415. The minimum absolute atomic E-state index is 0.103. The van der Waals surface area contributed by atoms with Gasteiger partial charge >= 0.3 is 6.03 Å². The summed E-state index contributed by atoms with van der Waals surface area (Å²) in [6, 6.07) is 7.02. The first-order chi connectivity index (χ1) is 7.24. The van der Waals surface area contributed by atoms with E-state index in [1.165, 1.54) is 0 Å². The minimum Gasteiger partial charge on any atom is -0.341 e. The number of nitrogens with zero attached hydrogens (tertiary/aromatic N) is 1. The molecular formula is C11H12N2O2. The highest BCUT2D eigenvalue weighted by molar-refractivity contribution is 6.08. The van der Waals surface area contributed by atoms with Gasteiger partial charge in [-0.05, 0) is 12.1 Å². The Balaban J connectivity index is 2.44. The van der Waals surface area contributed by atoms with E-state index >= 15 is 0 Å². The van der Waals surface area contributed by atoms with Crippen LogP contribution in [0, 0.1) is 0 Å². The second-order valence-electron chi connectivity index (χ2n) is 3.40. The molecule has 1 N–H and O–H groups in total. The van der Waals surface area contributed by atoms with E-state index in [1.807, 2.05) is 12.1 Å². The fraction of sp³-hybridized carbons (Fsp3) is 0.273. The van der Waals surface area contributed by atoms with Crippen LogP contribution in [0.4, 0.5) is 10.5 Å². The smallest absolute Gasteiger partial charge is 0.321 e. The summed E-state index contributed by atoms with van der Waals surface area (Å²) in [7, 11) is 1.58. The lowest BCUT2D eigenvalue weighted by Crippen LogP contribution is -2.42. The molecule has 0 bridgehead atoms. The van der Waals surface area contributed by atoms with E-state index in [1.54, 1.807) is 24.1 Å². The Morgan fingerprint density at radius 1 is 1.40 bits per heavy atom. The Labute approximate surface area is 87.9 Å². The molecule has 0 saturated heterocycles. The summed E-state index contributed by atoms with van der Waals surface area (Å²) in [6.45, 7) is 0.454. The number of hydrogen-bond acceptors (Lipinski definition) is 2. The van der Waals surface area contributed by atoms with E-state index in [9.17, 15) is 9.59 Å². The lowest BCUT2D eigenvalue weighted by Gasteiger charge is -2.27. The van der Waals surface area contributed by atoms with Crippen molar-refractivity contribution in [3.05, 3.63) is 29.8 Å². The van der Waals surface area contributed by atoms with Gasteiger partial charge in [0, 0.05) is 25.6 Å². The first kappa shape index (κ1) is 9.71. The Hall–Kier alpha value is -1.84. The number of hydrogen-bond donors (Lipinski definition) is 1. The number of urea groups is 1. The van der Waals surface area contributed by atoms with E-state index in [2.05, 4.69) is 5.32 Å². The normalized spacial score (nSPS) is 14.7. The molecule has 1 aliphatic heterocycles. The van der Waals surface area contributed by atoms with Crippen LogP contribution in [0.5, 0.6) is 0 Å². The van der Waals surface area contributed by atoms with Crippen molar-refractivity contribution in [3.8, 4) is 0 Å². The maximum Gasteiger partial charge on any atom is 0.321 e. The van der Waals surface area contributed by atoms with Crippen LogP contribution in [0.2, 0.25) is 0 Å². The number of ketones is 1. The third-order valence-corrected chi connectivity index (χ3v) is 2.52. The number of amides is 2. The largest absolute Gasteiger partial charge is 0.341 e. The number of rotatable bonds is 0. The highest BCUT2D eigenvalue weighted by atomic mass is 16.2. The Kier molecular flexibility index (Phi) is 2.41. The molecule has 15 heavy (non-hydrogen) atoms. The van der Waals surface area contributed by atoms with Gasteiger partial charge in [0.2, 0.25) is 0 Å². The molecule has 4 heteroatoms. The molecule has 2 rings (SSSR count). The summed E-state index contributed by atoms with van der Waals surface area (Å²) < 4.78 is 0. The number of benzene rings is 1. The fourth-order valence-corrected chi connectivity index (χ4v) is 1.76. The predicted molar refractivity (Wildman–Crippen MR) is 57.2 cm³/mol. The molecule has 1 aromatic rings. The number of para-hydroxylation sites is 1. The van der Waals surface area contributed by atoms with Crippen LogP contribution in [0.15, 0.2) is 24.3 Å². The van der Waals surface area contributed by atoms with E-state index in [0.717, 1.165) is 0 Å². The first-order valence-electron chi connectivity index (χ1n) is 4.85. The lowest BCUT2D eigenvalue weighted by molar-refractivity contribution is 0.0981. The second kappa shape index (κ2) is 3.73. The molecule has 0 saturated carbocycles. The van der Waals surface area contributed by atoms with Crippen LogP contribution < -0.4 is 10.2 Å². The van der Waals surface area contributed by atoms with Crippen LogP contribution in [0.25, 0.3) is 0 Å². The summed E-state index contributed by atoms with van der Waals surface area (Å²) >= 11 is 0. The van der Waals surface area contributed by atoms with Crippen molar-refractivity contribution >= 4 is 17.5 Å². The summed E-state index contributed by atoms with van der Waals surface area (Å²) in [4.78, 5) is 24.7. The minimum atomic E-state index is -0.171. The maximum absolute atomic E-state index is 11.6. The number of carbonyl (C=O) groups is 2. The SMILES string of the molecule is CNC(=O)N1CCC(=O)c2ccccc21. The summed E-state index contributed by atoms with van der Waals surface area (Å²) in [5, 5.41) is 2.57. The molecule has 1 aliphatic rings. The highest BCUT2D eigenvalue weighted by Crippen LogP contribution is 2.26. The van der Waals surface area contributed by atoms with Gasteiger partial charge < -0.3 is 5.32 Å². The number of Topliss-reactive ketones (excluding diaryl/α,β-unsaturated/α-hetero) is 1. The van der Waals surface area contributed by atoms with Crippen LogP contribution in [-0.4, -0.2) is 25.4 Å². The standard InChI is InChI=1S/C11H12N2O2/c1-12-11(15)13-7-6-10(14)8-4-2-3-5-9(8)13/h2-5H,6-7H2,1H3,(H,12,15). The van der Waals surface area contributed by atoms with Crippen LogP contribution in [0.3, 0.4) is 0 Å². The van der Waals surface area contributed by atoms with Gasteiger partial charge in [-0.15, -0.1) is 0 Å². The monoisotopic (exact) mass is 204 g/mol. The molecule has 4 nitrogen and oxygen atoms in total. The van der Waals surface area contributed by atoms with Crippen LogP contribution >= 0.6 is 0 Å². The van der Waals surface area contributed by atoms with Crippen molar-refractivity contribution in [2.24, 2.45) is 0 Å². The van der Waals surface area contributed by atoms with E-state index in [0.29, 0.717) is 24.2 Å². The zero-order valence-corrected chi connectivity index (χ0v) is 8.49. The Morgan fingerprint density at radius 2 is 2.13 bits per heavy atom. The predicted octanol–water partition coefficient (Wildman–Crippen LogP) is 1.42. The van der Waals surface area contributed by atoms with Crippen molar-refractivity contribution in [3.63, 3.8) is 0 Å². The van der Waals surface area contributed by atoms with Gasteiger partial charge in [0.25, 0.3) is 0 Å². The molecule has 1 heterocycles. The average molecular weight is 204 g/mol. The zero-order valence-electron chi connectivity index (χ0n) is 8.49. The zero-order chi connectivity index (χ0) is 10.8. The summed E-state index contributed by atoms with van der Waals surface area (Å²) in [5.74, 6) is 0.103. The van der Waals surface area contributed by atoms with Gasteiger partial charge in [0.05, 0.1) is 5.69 Å². The number of anilines is 1. The van der Waals surface area contributed by atoms with Crippen molar-refractivity contribution in [2.75, 3.05) is 18.5 Å². The molecule has 0 radical (unpaired) electrons. The molecule has 0 aromatic heterocycles. The molecule has 0 fully saturated rings. The fourth-order valence-electron chi connectivity index (χ4n) is 1.76. The van der Waals surface area contributed by atoms with Gasteiger partial charge in [-0.3, -0.25) is 9.69 Å². The highest BCUT2D eigenvalue weighted by Gasteiger charge is 2.25. The lowest BCUT2D eigenvalue weighted by atomic mass is 10.0. The average Bonchev–Trinajstić information content (AvgIpc) is 2.29.